The van der Waals surface area contributed by atoms with Crippen molar-refractivity contribution in [3.8, 4) is 0 Å². The van der Waals surface area contributed by atoms with E-state index >= 15 is 0 Å². The molecule has 8 heteroatoms. The number of rotatable bonds is 3. The van der Waals surface area contributed by atoms with Gasteiger partial charge in [0.1, 0.15) is 0 Å². The molecule has 0 amide bonds. The second-order valence-corrected chi connectivity index (χ2v) is 3.39. The molecule has 0 aromatic carbocycles. The third kappa shape index (κ3) is 102. The summed E-state index contributed by atoms with van der Waals surface area (Å²) in [5.41, 5.74) is 5.58. The predicted molar refractivity (Wildman–Crippen MR) is 66.2 cm³/mol. The van der Waals surface area contributed by atoms with Crippen LogP contribution in [-0.4, -0.2) is 18.1 Å². The molecule has 0 aromatic heterocycles. The van der Waals surface area contributed by atoms with Gasteiger partial charge in [-0.15, -0.1) is 0 Å². The third-order valence-electron chi connectivity index (χ3n) is 1.19. The summed E-state index contributed by atoms with van der Waals surface area (Å²) in [7, 11) is 0. The summed E-state index contributed by atoms with van der Waals surface area (Å²) in [6.45, 7) is 32.9. The number of nitrogens with two attached hydrogens (primary N) is 1. The van der Waals surface area contributed by atoms with Gasteiger partial charge < -0.3 is 70.2 Å². The van der Waals surface area contributed by atoms with E-state index in [2.05, 4.69) is 33.0 Å². The van der Waals surface area contributed by atoms with Gasteiger partial charge in [0.2, 0.25) is 0 Å². The van der Waals surface area contributed by atoms with E-state index in [0.29, 0.717) is 12.6 Å². The smallest absolute Gasteiger partial charge is 0.512 e. The van der Waals surface area contributed by atoms with Crippen LogP contribution in [0.2, 0.25) is 0 Å². The normalized spacial score (nSPS) is 6.20. The Morgan fingerprint density at radius 1 is 0.850 bits per heavy atom. The molecular formula is C12H18FeN7. The molecule has 0 aromatic rings. The Hall–Kier alpha value is -2.11. The fourth-order valence-corrected chi connectivity index (χ4v) is 0.840. The molecule has 0 aliphatic carbocycles. The van der Waals surface area contributed by atoms with E-state index < -0.39 is 0 Å². The van der Waals surface area contributed by atoms with Gasteiger partial charge in [0.05, 0.1) is 0 Å². The van der Waals surface area contributed by atoms with Crippen LogP contribution in [0.5, 0.6) is 0 Å². The Bertz CT molecular complexity index is 204. The molecule has 0 fully saturated rings. The standard InChI is InChI=1S/C7H18N2.5CN.Fe/c1-6(2)9-7(3,4)5-8;5*1-2;/h6,9H,5,8H2,1-4H3;;;;;;/q;5*-1;+5. The van der Waals surface area contributed by atoms with E-state index in [1.807, 2.05) is 0 Å². The molecule has 0 aliphatic heterocycles. The first-order valence-electron chi connectivity index (χ1n) is 4.57. The van der Waals surface area contributed by atoms with Crippen molar-refractivity contribution in [2.45, 2.75) is 39.3 Å². The molecule has 0 aliphatic rings. The summed E-state index contributed by atoms with van der Waals surface area (Å²) in [6.07, 6.45) is 0. The summed E-state index contributed by atoms with van der Waals surface area (Å²) in [5.74, 6) is 0. The Morgan fingerprint density at radius 3 is 1.10 bits per heavy atom. The van der Waals surface area contributed by atoms with E-state index in [9.17, 15) is 0 Å². The minimum absolute atomic E-state index is 0. The molecule has 20 heavy (non-hydrogen) atoms. The minimum Gasteiger partial charge on any atom is -0.512 e. The van der Waals surface area contributed by atoms with Gasteiger partial charge in [0, 0.05) is 18.1 Å². The van der Waals surface area contributed by atoms with Crippen molar-refractivity contribution in [3.05, 3.63) is 32.9 Å². The zero-order valence-corrected chi connectivity index (χ0v) is 13.1. The largest absolute Gasteiger partial charge is 5.00 e. The van der Waals surface area contributed by atoms with Crippen LogP contribution in [-0.2, 0) is 17.1 Å². The van der Waals surface area contributed by atoms with Crippen molar-refractivity contribution < 1.29 is 17.1 Å². The summed E-state index contributed by atoms with van der Waals surface area (Å²) < 4.78 is 0. The zero-order valence-electron chi connectivity index (χ0n) is 12.0. The first-order chi connectivity index (χ1) is 8.98. The molecule has 0 atom stereocenters. The monoisotopic (exact) mass is 316 g/mol. The van der Waals surface area contributed by atoms with Gasteiger partial charge in [0.25, 0.3) is 0 Å². The fraction of sp³-hybridized carbons (Fsp3) is 0.583. The number of hydrogen-bond donors (Lipinski definition) is 2. The summed E-state index contributed by atoms with van der Waals surface area (Å²) in [6, 6.07) is 0.517. The average Bonchev–Trinajstić information content (AvgIpc) is 2.48. The van der Waals surface area contributed by atoms with Crippen LogP contribution < -0.4 is 11.1 Å². The van der Waals surface area contributed by atoms with Crippen LogP contribution in [0.3, 0.4) is 0 Å². The molecule has 0 bridgehead atoms. The van der Waals surface area contributed by atoms with Gasteiger partial charge in [-0.05, 0) is 13.8 Å². The van der Waals surface area contributed by atoms with Gasteiger partial charge in [-0.25, -0.2) is 0 Å². The number of nitrogens with zero attached hydrogens (tertiary/aromatic N) is 5. The second-order valence-electron chi connectivity index (χ2n) is 3.39. The van der Waals surface area contributed by atoms with Crippen LogP contribution in [0.1, 0.15) is 27.7 Å². The first kappa shape index (κ1) is 43.0. The Kier molecular flexibility index (Phi) is 116. The third-order valence-corrected chi connectivity index (χ3v) is 1.19. The Balaban J connectivity index is -0.0000000261. The van der Waals surface area contributed by atoms with Gasteiger partial charge in [-0.1, -0.05) is 13.8 Å². The maximum atomic E-state index is 6.25. The molecule has 0 heterocycles. The van der Waals surface area contributed by atoms with Crippen molar-refractivity contribution in [1.82, 2.24) is 5.32 Å². The molecule has 7 nitrogen and oxygen atoms in total. The zero-order chi connectivity index (χ0) is 17.5. The molecule has 0 saturated heterocycles. The maximum absolute atomic E-state index is 6.25. The molecule has 0 spiro atoms. The van der Waals surface area contributed by atoms with Gasteiger partial charge in [-0.3, -0.25) is 0 Å². The Morgan fingerprint density at radius 2 is 1.05 bits per heavy atom. The molecule has 109 valence electrons. The summed E-state index contributed by atoms with van der Waals surface area (Å²) >= 11 is 0. The van der Waals surface area contributed by atoms with Crippen molar-refractivity contribution in [2.24, 2.45) is 5.73 Å². The maximum Gasteiger partial charge on any atom is 5.00 e. The number of hydrogen-bond acceptors (Lipinski definition) is 7. The van der Waals surface area contributed by atoms with Crippen LogP contribution in [0.15, 0.2) is 0 Å². The predicted octanol–water partition coefficient (Wildman–Crippen LogP) is 1.20. The van der Waals surface area contributed by atoms with Crippen molar-refractivity contribution in [3.63, 3.8) is 0 Å². The van der Waals surface area contributed by atoms with E-state index in [-0.39, 0.29) is 22.6 Å². The van der Waals surface area contributed by atoms with Gasteiger partial charge in [0.15, 0.2) is 0 Å². The van der Waals surface area contributed by atoms with E-state index in [0.717, 1.165) is 0 Å². The number of nitrogens with one attached hydrogen (secondary N) is 1. The van der Waals surface area contributed by atoms with E-state index in [1.54, 1.807) is 0 Å². The molecule has 0 rings (SSSR count). The molecular weight excluding hydrogens is 298 g/mol. The van der Waals surface area contributed by atoms with Crippen LogP contribution in [0.4, 0.5) is 0 Å². The van der Waals surface area contributed by atoms with E-state index in [4.69, 9.17) is 64.9 Å². The molecule has 0 saturated carbocycles. The minimum atomic E-state index is 0. The van der Waals surface area contributed by atoms with Crippen LogP contribution in [0.25, 0.3) is 0 Å². The van der Waals surface area contributed by atoms with Crippen molar-refractivity contribution in [2.75, 3.05) is 6.54 Å². The van der Waals surface area contributed by atoms with Crippen molar-refractivity contribution in [1.29, 1.82) is 26.3 Å². The Labute approximate surface area is 133 Å². The quantitative estimate of drug-likeness (QED) is 0.584. The molecule has 0 unspecified atom stereocenters. The van der Waals surface area contributed by atoms with Crippen LogP contribution in [0, 0.1) is 59.2 Å². The molecule has 3 N–H and O–H groups in total. The van der Waals surface area contributed by atoms with Gasteiger partial charge in [-0.2, -0.15) is 0 Å². The first-order valence-corrected chi connectivity index (χ1v) is 4.57. The van der Waals surface area contributed by atoms with E-state index in [1.165, 1.54) is 0 Å². The van der Waals surface area contributed by atoms with Crippen molar-refractivity contribution >= 4 is 0 Å². The average molecular weight is 316 g/mol. The SMILES string of the molecule is CC(C)NC(C)(C)CN.[C-]#N.[C-]#N.[C-]#N.[C-]#N.[C-]#N.[Fe+5]. The fourth-order valence-electron chi connectivity index (χ4n) is 0.840. The van der Waals surface area contributed by atoms with Crippen LogP contribution >= 0.6 is 0 Å². The van der Waals surface area contributed by atoms with Gasteiger partial charge >= 0.3 is 17.1 Å². The summed E-state index contributed by atoms with van der Waals surface area (Å²) in [5, 5.41) is 34.6. The summed E-state index contributed by atoms with van der Waals surface area (Å²) in [4.78, 5) is 0. The molecule has 1 radical (unpaired) electrons. The topological polar surface area (TPSA) is 157 Å². The second kappa shape index (κ2) is 54.0.